The number of ether oxygens (including phenoxy) is 2. The zero-order chi connectivity index (χ0) is 18.2. The van der Waals surface area contributed by atoms with E-state index < -0.39 is 17.4 Å². The fourth-order valence-corrected chi connectivity index (χ4v) is 3.27. The molecule has 1 N–H and O–H groups in total. The molecule has 0 spiro atoms. The molecule has 2 aliphatic heterocycles. The molecule has 0 saturated carbocycles. The van der Waals surface area contributed by atoms with Crippen molar-refractivity contribution in [3.8, 4) is 11.5 Å². The minimum absolute atomic E-state index is 0.117. The fourth-order valence-electron chi connectivity index (χ4n) is 3.27. The second kappa shape index (κ2) is 6.44. The van der Waals surface area contributed by atoms with Crippen molar-refractivity contribution < 1.29 is 28.2 Å². The predicted octanol–water partition coefficient (Wildman–Crippen LogP) is 2.35. The standard InChI is InChI=1S/C18H23F2NO4/c1-17(2,12-3-4-13-14(11-12)25-10-9-24-13)16(22)21-7-5-18(23,6-8-21)15(19)20/h3-4,11,15,23H,5-10H2,1-2H3. The summed E-state index contributed by atoms with van der Waals surface area (Å²) in [6.07, 6.45) is -3.03. The molecule has 1 aromatic carbocycles. The number of carbonyl (C=O) groups is 1. The van der Waals surface area contributed by atoms with E-state index in [1.807, 2.05) is 6.07 Å². The third-order valence-electron chi connectivity index (χ3n) is 5.12. The normalized spacial score (nSPS) is 19.8. The van der Waals surface area contributed by atoms with Crippen molar-refractivity contribution in [2.45, 2.75) is 44.1 Å². The van der Waals surface area contributed by atoms with Gasteiger partial charge in [0.05, 0.1) is 5.41 Å². The van der Waals surface area contributed by atoms with Crippen LogP contribution in [0.5, 0.6) is 11.5 Å². The second-order valence-electron chi connectivity index (χ2n) is 7.18. The molecule has 0 atom stereocenters. The summed E-state index contributed by atoms with van der Waals surface area (Å²) in [4.78, 5) is 14.5. The summed E-state index contributed by atoms with van der Waals surface area (Å²) in [5, 5.41) is 9.88. The highest BCUT2D eigenvalue weighted by Gasteiger charge is 2.44. The second-order valence-corrected chi connectivity index (χ2v) is 7.18. The Morgan fingerprint density at radius 1 is 1.20 bits per heavy atom. The van der Waals surface area contributed by atoms with E-state index in [4.69, 9.17) is 9.47 Å². The van der Waals surface area contributed by atoms with Gasteiger partial charge in [0.15, 0.2) is 11.5 Å². The number of alkyl halides is 2. The Kier molecular flexibility index (Phi) is 4.62. The molecule has 0 bridgehead atoms. The number of likely N-dealkylation sites (tertiary alicyclic amines) is 1. The molecule has 138 valence electrons. The highest BCUT2D eigenvalue weighted by Crippen LogP contribution is 2.37. The number of rotatable bonds is 3. The number of piperidine rings is 1. The van der Waals surface area contributed by atoms with E-state index in [0.717, 1.165) is 5.56 Å². The summed E-state index contributed by atoms with van der Waals surface area (Å²) in [6, 6.07) is 5.40. The number of halogens is 2. The van der Waals surface area contributed by atoms with Gasteiger partial charge in [0.1, 0.15) is 18.8 Å². The Morgan fingerprint density at radius 3 is 2.40 bits per heavy atom. The third-order valence-corrected chi connectivity index (χ3v) is 5.12. The molecule has 0 unspecified atom stereocenters. The number of carbonyl (C=O) groups excluding carboxylic acids is 1. The van der Waals surface area contributed by atoms with Crippen LogP contribution in [-0.2, 0) is 10.2 Å². The number of aliphatic hydroxyl groups is 1. The summed E-state index contributed by atoms with van der Waals surface area (Å²) < 4.78 is 36.9. The summed E-state index contributed by atoms with van der Waals surface area (Å²) >= 11 is 0. The smallest absolute Gasteiger partial charge is 0.266 e. The largest absolute Gasteiger partial charge is 0.486 e. The Bertz CT molecular complexity index is 654. The highest BCUT2D eigenvalue weighted by atomic mass is 19.3. The zero-order valence-corrected chi connectivity index (χ0v) is 14.4. The van der Waals surface area contributed by atoms with Gasteiger partial charge in [0.25, 0.3) is 6.43 Å². The van der Waals surface area contributed by atoms with Crippen LogP contribution in [-0.4, -0.2) is 54.2 Å². The first kappa shape index (κ1) is 17.9. The average Bonchev–Trinajstić information content (AvgIpc) is 2.61. The first-order valence-corrected chi connectivity index (χ1v) is 8.44. The van der Waals surface area contributed by atoms with Crippen LogP contribution in [0.15, 0.2) is 18.2 Å². The van der Waals surface area contributed by atoms with Crippen molar-refractivity contribution in [1.82, 2.24) is 4.90 Å². The molecular formula is C18H23F2NO4. The lowest BCUT2D eigenvalue weighted by atomic mass is 9.81. The van der Waals surface area contributed by atoms with Gasteiger partial charge in [0.2, 0.25) is 5.91 Å². The lowest BCUT2D eigenvalue weighted by Gasteiger charge is -2.40. The molecule has 3 rings (SSSR count). The summed E-state index contributed by atoms with van der Waals surface area (Å²) in [6.45, 7) is 4.79. The van der Waals surface area contributed by atoms with Crippen molar-refractivity contribution in [3.63, 3.8) is 0 Å². The van der Waals surface area contributed by atoms with Crippen molar-refractivity contribution in [1.29, 1.82) is 0 Å². The molecule has 1 saturated heterocycles. The van der Waals surface area contributed by atoms with Crippen LogP contribution < -0.4 is 9.47 Å². The van der Waals surface area contributed by atoms with E-state index in [-0.39, 0.29) is 31.8 Å². The van der Waals surface area contributed by atoms with E-state index in [1.54, 1.807) is 30.9 Å². The maximum Gasteiger partial charge on any atom is 0.266 e. The van der Waals surface area contributed by atoms with Gasteiger partial charge >= 0.3 is 0 Å². The van der Waals surface area contributed by atoms with Crippen LogP contribution in [0.25, 0.3) is 0 Å². The van der Waals surface area contributed by atoms with Gasteiger partial charge < -0.3 is 19.5 Å². The van der Waals surface area contributed by atoms with Gasteiger partial charge in [-0.05, 0) is 44.4 Å². The first-order valence-electron chi connectivity index (χ1n) is 8.44. The van der Waals surface area contributed by atoms with Crippen molar-refractivity contribution in [2.75, 3.05) is 26.3 Å². The number of hydrogen-bond acceptors (Lipinski definition) is 4. The van der Waals surface area contributed by atoms with Gasteiger partial charge in [0, 0.05) is 13.1 Å². The summed E-state index contributed by atoms with van der Waals surface area (Å²) in [7, 11) is 0. The van der Waals surface area contributed by atoms with Crippen molar-refractivity contribution >= 4 is 5.91 Å². The Balaban J connectivity index is 1.75. The van der Waals surface area contributed by atoms with Crippen LogP contribution >= 0.6 is 0 Å². The van der Waals surface area contributed by atoms with E-state index >= 15 is 0 Å². The first-order chi connectivity index (χ1) is 11.7. The molecule has 0 aromatic heterocycles. The molecule has 0 radical (unpaired) electrons. The van der Waals surface area contributed by atoms with Gasteiger partial charge in [-0.1, -0.05) is 6.07 Å². The van der Waals surface area contributed by atoms with Crippen molar-refractivity contribution in [3.05, 3.63) is 23.8 Å². The highest BCUT2D eigenvalue weighted by molar-refractivity contribution is 5.87. The van der Waals surface area contributed by atoms with Crippen molar-refractivity contribution in [2.24, 2.45) is 0 Å². The molecule has 2 heterocycles. The number of benzene rings is 1. The summed E-state index contributed by atoms with van der Waals surface area (Å²) in [5.41, 5.74) is -2.05. The number of fused-ring (bicyclic) bond motifs is 1. The Morgan fingerprint density at radius 2 is 1.80 bits per heavy atom. The van der Waals surface area contributed by atoms with Crippen LogP contribution in [0.4, 0.5) is 8.78 Å². The summed E-state index contributed by atoms with van der Waals surface area (Å²) in [5.74, 6) is 1.11. The van der Waals surface area contributed by atoms with Gasteiger partial charge in [-0.25, -0.2) is 8.78 Å². The molecule has 1 amide bonds. The molecule has 25 heavy (non-hydrogen) atoms. The molecular weight excluding hydrogens is 332 g/mol. The topological polar surface area (TPSA) is 59.0 Å². The number of amides is 1. The van der Waals surface area contributed by atoms with Crippen LogP contribution in [0.2, 0.25) is 0 Å². The van der Waals surface area contributed by atoms with E-state index in [9.17, 15) is 18.7 Å². The van der Waals surface area contributed by atoms with Gasteiger partial charge in [-0.2, -0.15) is 0 Å². The van der Waals surface area contributed by atoms with Crippen LogP contribution in [0, 0.1) is 0 Å². The number of nitrogens with zero attached hydrogens (tertiary/aromatic N) is 1. The quantitative estimate of drug-likeness (QED) is 0.904. The maximum atomic E-state index is 13.0. The minimum atomic E-state index is -2.80. The monoisotopic (exact) mass is 355 g/mol. The predicted molar refractivity (Wildman–Crippen MR) is 87.2 cm³/mol. The molecule has 1 fully saturated rings. The van der Waals surface area contributed by atoms with E-state index in [0.29, 0.717) is 24.7 Å². The molecule has 0 aliphatic carbocycles. The zero-order valence-electron chi connectivity index (χ0n) is 14.4. The number of hydrogen-bond donors (Lipinski definition) is 1. The lowest BCUT2D eigenvalue weighted by Crippen LogP contribution is -2.53. The van der Waals surface area contributed by atoms with Crippen LogP contribution in [0.3, 0.4) is 0 Å². The van der Waals surface area contributed by atoms with E-state index in [1.165, 1.54) is 0 Å². The van der Waals surface area contributed by atoms with E-state index in [2.05, 4.69) is 0 Å². The molecule has 1 aromatic rings. The van der Waals surface area contributed by atoms with Crippen LogP contribution in [0.1, 0.15) is 32.3 Å². The Labute approximate surface area is 145 Å². The molecule has 5 nitrogen and oxygen atoms in total. The van der Waals surface area contributed by atoms with Gasteiger partial charge in [-0.3, -0.25) is 4.79 Å². The fraction of sp³-hybridized carbons (Fsp3) is 0.611. The maximum absolute atomic E-state index is 13.0. The van der Waals surface area contributed by atoms with Gasteiger partial charge in [-0.15, -0.1) is 0 Å². The average molecular weight is 355 g/mol. The third kappa shape index (κ3) is 3.29. The molecule has 2 aliphatic rings. The Hall–Kier alpha value is -1.89. The lowest BCUT2D eigenvalue weighted by molar-refractivity contribution is -0.151. The molecule has 7 heteroatoms. The minimum Gasteiger partial charge on any atom is -0.486 e. The SMILES string of the molecule is CC(C)(C(=O)N1CCC(O)(C(F)F)CC1)c1ccc2c(c1)OCCO2.